The summed E-state index contributed by atoms with van der Waals surface area (Å²) in [4.78, 5) is 8.74. The third-order valence-electron chi connectivity index (χ3n) is 3.78. The molecule has 1 aromatic carbocycles. The van der Waals surface area contributed by atoms with Crippen LogP contribution in [0.4, 0.5) is 0 Å². The van der Waals surface area contributed by atoms with Crippen molar-refractivity contribution in [1.29, 1.82) is 0 Å². The number of hydrogen-bond acceptors (Lipinski definition) is 5. The van der Waals surface area contributed by atoms with Crippen molar-refractivity contribution >= 4 is 32.5 Å². The molecule has 132 valence electrons. The number of sulfonamides is 1. The van der Waals surface area contributed by atoms with Gasteiger partial charge >= 0.3 is 0 Å². The molecule has 0 spiro atoms. The monoisotopic (exact) mass is 380 g/mol. The summed E-state index contributed by atoms with van der Waals surface area (Å²) in [5, 5.41) is 6.24. The van der Waals surface area contributed by atoms with E-state index in [1.165, 1.54) is 13.3 Å². The van der Waals surface area contributed by atoms with E-state index in [1.807, 2.05) is 6.92 Å². The molecule has 25 heavy (non-hydrogen) atoms. The Hall–Kier alpha value is -2.16. The molecule has 3 aromatic rings. The molecule has 0 unspecified atom stereocenters. The number of nitrogens with zero attached hydrogens (tertiary/aromatic N) is 3. The maximum atomic E-state index is 11.9. The Morgan fingerprint density at radius 3 is 2.76 bits per heavy atom. The number of nitrogens with two attached hydrogens (primary N) is 1. The van der Waals surface area contributed by atoms with Gasteiger partial charge in [-0.1, -0.05) is 24.9 Å². The first-order valence-corrected chi connectivity index (χ1v) is 9.51. The standard InChI is InChI=1S/C16H17ClN4O3S/c1-3-4-10-8-19-16(20-15(10)24-2)21-9-14(25(18,22)23)12-6-5-11(17)7-13(12)21/h5-9H,3-4H2,1-2H3,(H2,18,22,23). The van der Waals surface area contributed by atoms with E-state index in [2.05, 4.69) is 9.97 Å². The topological polar surface area (TPSA) is 100 Å². The molecule has 2 heterocycles. The Balaban J connectivity index is 2.27. The van der Waals surface area contributed by atoms with Crippen molar-refractivity contribution in [3.63, 3.8) is 0 Å². The Labute approximate surface area is 150 Å². The lowest BCUT2D eigenvalue weighted by Crippen LogP contribution is -2.11. The van der Waals surface area contributed by atoms with Crippen LogP contribution in [-0.2, 0) is 16.4 Å². The smallest absolute Gasteiger partial charge is 0.240 e. The minimum Gasteiger partial charge on any atom is -0.481 e. The Bertz CT molecular complexity index is 1050. The number of benzene rings is 1. The SMILES string of the molecule is CCCc1cnc(-n2cc(S(N)(=O)=O)c3ccc(Cl)cc32)nc1OC. The van der Waals surface area contributed by atoms with Crippen LogP contribution in [0.2, 0.25) is 5.02 Å². The molecular formula is C16H17ClN4O3S. The summed E-state index contributed by atoms with van der Waals surface area (Å²) in [5.74, 6) is 0.728. The van der Waals surface area contributed by atoms with Crippen LogP contribution in [0.5, 0.6) is 5.88 Å². The first-order chi connectivity index (χ1) is 11.8. The minimum atomic E-state index is -3.91. The van der Waals surface area contributed by atoms with Gasteiger partial charge in [-0.15, -0.1) is 0 Å². The molecule has 3 rings (SSSR count). The Morgan fingerprint density at radius 2 is 2.12 bits per heavy atom. The van der Waals surface area contributed by atoms with Gasteiger partial charge in [0, 0.05) is 28.4 Å². The lowest BCUT2D eigenvalue weighted by Gasteiger charge is -2.09. The molecule has 9 heteroatoms. The fourth-order valence-electron chi connectivity index (χ4n) is 2.68. The van der Waals surface area contributed by atoms with E-state index in [1.54, 1.807) is 29.0 Å². The maximum Gasteiger partial charge on any atom is 0.240 e. The van der Waals surface area contributed by atoms with Crippen molar-refractivity contribution in [3.05, 3.63) is 41.2 Å². The van der Waals surface area contributed by atoms with E-state index in [0.717, 1.165) is 18.4 Å². The summed E-state index contributed by atoms with van der Waals surface area (Å²) in [6.07, 6.45) is 4.78. The predicted molar refractivity (Wildman–Crippen MR) is 95.8 cm³/mol. The quantitative estimate of drug-likeness (QED) is 0.733. The van der Waals surface area contributed by atoms with Crippen molar-refractivity contribution in [3.8, 4) is 11.8 Å². The van der Waals surface area contributed by atoms with Crippen LogP contribution < -0.4 is 9.88 Å². The molecule has 0 amide bonds. The molecule has 2 N–H and O–H groups in total. The van der Waals surface area contributed by atoms with Gasteiger partial charge in [0.05, 0.1) is 12.6 Å². The predicted octanol–water partition coefficient (Wildman–Crippen LogP) is 2.68. The molecule has 0 bridgehead atoms. The van der Waals surface area contributed by atoms with Gasteiger partial charge in [-0.05, 0) is 24.6 Å². The molecule has 0 saturated heterocycles. The molecule has 0 atom stereocenters. The molecular weight excluding hydrogens is 364 g/mol. The van der Waals surface area contributed by atoms with Gasteiger partial charge in [-0.2, -0.15) is 4.98 Å². The van der Waals surface area contributed by atoms with Crippen molar-refractivity contribution < 1.29 is 13.2 Å². The van der Waals surface area contributed by atoms with Crippen molar-refractivity contribution in [2.24, 2.45) is 5.14 Å². The van der Waals surface area contributed by atoms with Crippen LogP contribution in [-0.4, -0.2) is 30.1 Å². The van der Waals surface area contributed by atoms with Gasteiger partial charge in [-0.3, -0.25) is 4.57 Å². The lowest BCUT2D eigenvalue weighted by atomic mass is 10.2. The molecule has 0 aliphatic rings. The molecule has 2 aromatic heterocycles. The molecule has 0 saturated carbocycles. The van der Waals surface area contributed by atoms with Crippen LogP contribution in [0.1, 0.15) is 18.9 Å². The molecule has 0 radical (unpaired) electrons. The van der Waals surface area contributed by atoms with Gasteiger partial charge < -0.3 is 4.74 Å². The Kier molecular flexibility index (Phi) is 4.68. The number of fused-ring (bicyclic) bond motifs is 1. The molecule has 0 aliphatic carbocycles. The summed E-state index contributed by atoms with van der Waals surface area (Å²) in [6, 6.07) is 4.85. The summed E-state index contributed by atoms with van der Waals surface area (Å²) in [6.45, 7) is 2.05. The lowest BCUT2D eigenvalue weighted by molar-refractivity contribution is 0.390. The average Bonchev–Trinajstić information content (AvgIpc) is 2.94. The van der Waals surface area contributed by atoms with E-state index in [4.69, 9.17) is 21.5 Å². The van der Waals surface area contributed by atoms with Crippen LogP contribution in [0.3, 0.4) is 0 Å². The molecule has 0 aliphatic heterocycles. The zero-order valence-electron chi connectivity index (χ0n) is 13.7. The van der Waals surface area contributed by atoms with Crippen LogP contribution in [0, 0.1) is 0 Å². The summed E-state index contributed by atoms with van der Waals surface area (Å²) in [5.41, 5.74) is 1.43. The zero-order chi connectivity index (χ0) is 18.2. The zero-order valence-corrected chi connectivity index (χ0v) is 15.3. The second-order valence-electron chi connectivity index (χ2n) is 5.52. The van der Waals surface area contributed by atoms with Crippen LogP contribution in [0.25, 0.3) is 16.9 Å². The first kappa shape index (κ1) is 17.7. The highest BCUT2D eigenvalue weighted by atomic mass is 35.5. The van der Waals surface area contributed by atoms with E-state index < -0.39 is 10.0 Å². The first-order valence-electron chi connectivity index (χ1n) is 7.58. The van der Waals surface area contributed by atoms with E-state index in [0.29, 0.717) is 21.8 Å². The second kappa shape index (κ2) is 6.62. The summed E-state index contributed by atoms with van der Waals surface area (Å²) < 4.78 is 30.7. The Morgan fingerprint density at radius 1 is 1.36 bits per heavy atom. The van der Waals surface area contributed by atoms with E-state index in [9.17, 15) is 8.42 Å². The largest absolute Gasteiger partial charge is 0.481 e. The average molecular weight is 381 g/mol. The fourth-order valence-corrected chi connectivity index (χ4v) is 3.57. The van der Waals surface area contributed by atoms with Gasteiger partial charge in [0.2, 0.25) is 21.9 Å². The highest BCUT2D eigenvalue weighted by Crippen LogP contribution is 2.29. The van der Waals surface area contributed by atoms with Gasteiger partial charge in [0.15, 0.2) is 0 Å². The summed E-state index contributed by atoms with van der Waals surface area (Å²) >= 11 is 6.07. The van der Waals surface area contributed by atoms with Crippen LogP contribution >= 0.6 is 11.6 Å². The number of ether oxygens (including phenoxy) is 1. The van der Waals surface area contributed by atoms with Crippen molar-refractivity contribution in [2.75, 3.05) is 7.11 Å². The van der Waals surface area contributed by atoms with Crippen LogP contribution in [0.15, 0.2) is 35.5 Å². The molecule has 0 fully saturated rings. The summed E-state index contributed by atoms with van der Waals surface area (Å²) in [7, 11) is -2.38. The minimum absolute atomic E-state index is 0.0145. The number of aromatic nitrogens is 3. The van der Waals surface area contributed by atoms with Gasteiger partial charge in [0.25, 0.3) is 0 Å². The van der Waals surface area contributed by atoms with E-state index >= 15 is 0 Å². The number of methoxy groups -OCH3 is 1. The highest BCUT2D eigenvalue weighted by molar-refractivity contribution is 7.89. The number of rotatable bonds is 5. The van der Waals surface area contributed by atoms with Gasteiger partial charge in [-0.25, -0.2) is 18.5 Å². The highest BCUT2D eigenvalue weighted by Gasteiger charge is 2.20. The number of hydrogen-bond donors (Lipinski definition) is 1. The number of primary sulfonamides is 1. The fraction of sp³-hybridized carbons (Fsp3) is 0.250. The number of aryl methyl sites for hydroxylation is 1. The number of halogens is 1. The van der Waals surface area contributed by atoms with E-state index in [-0.39, 0.29) is 10.8 Å². The van der Waals surface area contributed by atoms with Gasteiger partial charge in [0.1, 0.15) is 4.90 Å². The normalized spacial score (nSPS) is 11.8. The maximum absolute atomic E-state index is 11.9. The van der Waals surface area contributed by atoms with Crippen molar-refractivity contribution in [1.82, 2.24) is 14.5 Å². The third kappa shape index (κ3) is 3.33. The third-order valence-corrected chi connectivity index (χ3v) is 4.95. The van der Waals surface area contributed by atoms with Crippen molar-refractivity contribution in [2.45, 2.75) is 24.7 Å². The molecule has 7 nitrogen and oxygen atoms in total. The second-order valence-corrected chi connectivity index (χ2v) is 7.49.